The molecule has 1 rings (SSSR count). The highest BCUT2D eigenvalue weighted by Crippen LogP contribution is 2.33. The third kappa shape index (κ3) is 2.70. The Morgan fingerprint density at radius 3 is 2.13 bits per heavy atom. The van der Waals surface area contributed by atoms with E-state index in [0.717, 1.165) is 12.6 Å². The monoisotopic (exact) mass is 217 g/mol. The van der Waals surface area contributed by atoms with Gasteiger partial charge in [-0.15, -0.1) is 0 Å². The zero-order chi connectivity index (χ0) is 11.7. The van der Waals surface area contributed by atoms with Crippen LogP contribution in [0.25, 0.3) is 0 Å². The minimum atomic E-state index is -4.31. The van der Waals surface area contributed by atoms with Crippen molar-refractivity contribution in [1.82, 2.24) is 4.98 Å². The molecule has 4 heteroatoms. The third-order valence-electron chi connectivity index (χ3n) is 2.73. The molecule has 1 aromatic heterocycles. The highest BCUT2D eigenvalue weighted by Gasteiger charge is 2.32. The first-order chi connectivity index (χ1) is 6.77. The van der Waals surface area contributed by atoms with Crippen molar-refractivity contribution in [3.05, 3.63) is 29.6 Å². The van der Waals surface area contributed by atoms with Crippen LogP contribution in [0.15, 0.2) is 18.5 Å². The van der Waals surface area contributed by atoms with Gasteiger partial charge in [0.25, 0.3) is 0 Å². The lowest BCUT2D eigenvalue weighted by Crippen LogP contribution is -2.17. The second kappa shape index (κ2) is 3.83. The van der Waals surface area contributed by atoms with E-state index >= 15 is 0 Å². The summed E-state index contributed by atoms with van der Waals surface area (Å²) >= 11 is 0. The number of nitrogens with zero attached hydrogens (tertiary/aromatic N) is 1. The predicted octanol–water partition coefficient (Wildman–Crippen LogP) is 3.79. The van der Waals surface area contributed by atoms with Crippen LogP contribution >= 0.6 is 0 Å². The fourth-order valence-corrected chi connectivity index (χ4v) is 1.17. The average molecular weight is 217 g/mol. The molecular formula is C11H14F3N. The summed E-state index contributed by atoms with van der Waals surface area (Å²) in [7, 11) is 0. The second-order valence-electron chi connectivity index (χ2n) is 4.20. The lowest BCUT2D eigenvalue weighted by Gasteiger charge is -2.23. The average Bonchev–Trinajstić information content (AvgIpc) is 2.17. The summed E-state index contributed by atoms with van der Waals surface area (Å²) in [6, 6.07) is 1.18. The van der Waals surface area contributed by atoms with Gasteiger partial charge in [0.1, 0.15) is 0 Å². The van der Waals surface area contributed by atoms with Crippen molar-refractivity contribution in [1.29, 1.82) is 0 Å². The van der Waals surface area contributed by atoms with E-state index in [1.54, 1.807) is 0 Å². The van der Waals surface area contributed by atoms with Gasteiger partial charge >= 0.3 is 6.18 Å². The standard InChI is InChI=1S/C11H14F3N/c1-4-10(2,3)8-5-9(7-15-6-8)11(12,13)14/h5-7H,4H2,1-3H3. The Balaban J connectivity index is 3.14. The lowest BCUT2D eigenvalue weighted by molar-refractivity contribution is -0.137. The first kappa shape index (κ1) is 12.0. The van der Waals surface area contributed by atoms with Crippen molar-refractivity contribution in [3.8, 4) is 0 Å². The fraction of sp³-hybridized carbons (Fsp3) is 0.545. The van der Waals surface area contributed by atoms with Crippen LogP contribution < -0.4 is 0 Å². The topological polar surface area (TPSA) is 12.9 Å². The van der Waals surface area contributed by atoms with Gasteiger partial charge in [0.05, 0.1) is 5.56 Å². The number of hydrogen-bond acceptors (Lipinski definition) is 1. The maximum atomic E-state index is 12.4. The number of halogens is 3. The molecule has 0 saturated carbocycles. The van der Waals surface area contributed by atoms with E-state index < -0.39 is 11.7 Å². The zero-order valence-electron chi connectivity index (χ0n) is 9.02. The van der Waals surface area contributed by atoms with Crippen LogP contribution in [0.3, 0.4) is 0 Å². The van der Waals surface area contributed by atoms with Gasteiger partial charge in [0.2, 0.25) is 0 Å². The van der Waals surface area contributed by atoms with Crippen molar-refractivity contribution < 1.29 is 13.2 Å². The van der Waals surface area contributed by atoms with Crippen LogP contribution in [0.5, 0.6) is 0 Å². The summed E-state index contributed by atoms with van der Waals surface area (Å²) in [6.45, 7) is 5.76. The molecule has 0 spiro atoms. The summed E-state index contributed by atoms with van der Waals surface area (Å²) in [5, 5.41) is 0. The minimum Gasteiger partial charge on any atom is -0.264 e. The summed E-state index contributed by atoms with van der Waals surface area (Å²) in [5.74, 6) is 0. The van der Waals surface area contributed by atoms with E-state index in [0.29, 0.717) is 5.56 Å². The Labute approximate surface area is 87.3 Å². The molecule has 0 fully saturated rings. The molecule has 1 heterocycles. The van der Waals surface area contributed by atoms with E-state index in [2.05, 4.69) is 4.98 Å². The molecule has 0 atom stereocenters. The summed E-state index contributed by atoms with van der Waals surface area (Å²) in [6.07, 6.45) is -1.18. The molecule has 0 amide bonds. The minimum absolute atomic E-state index is 0.270. The van der Waals surface area contributed by atoms with Gasteiger partial charge in [0.15, 0.2) is 0 Å². The molecule has 0 aliphatic carbocycles. The maximum absolute atomic E-state index is 12.4. The molecular weight excluding hydrogens is 203 g/mol. The van der Waals surface area contributed by atoms with E-state index in [4.69, 9.17) is 0 Å². The molecule has 1 aromatic rings. The third-order valence-corrected chi connectivity index (χ3v) is 2.73. The largest absolute Gasteiger partial charge is 0.417 e. The maximum Gasteiger partial charge on any atom is 0.417 e. The van der Waals surface area contributed by atoms with E-state index in [1.165, 1.54) is 12.3 Å². The van der Waals surface area contributed by atoms with Crippen molar-refractivity contribution in [2.75, 3.05) is 0 Å². The van der Waals surface area contributed by atoms with Gasteiger partial charge < -0.3 is 0 Å². The highest BCUT2D eigenvalue weighted by atomic mass is 19.4. The Morgan fingerprint density at radius 1 is 1.13 bits per heavy atom. The molecule has 0 unspecified atom stereocenters. The van der Waals surface area contributed by atoms with E-state index in [-0.39, 0.29) is 5.41 Å². The lowest BCUT2D eigenvalue weighted by atomic mass is 9.83. The van der Waals surface area contributed by atoms with Gasteiger partial charge in [-0.1, -0.05) is 20.8 Å². The predicted molar refractivity (Wildman–Crippen MR) is 52.6 cm³/mol. The van der Waals surface area contributed by atoms with Gasteiger partial charge in [-0.05, 0) is 23.5 Å². The molecule has 0 aliphatic heterocycles. The van der Waals surface area contributed by atoms with Crippen LogP contribution in [-0.2, 0) is 11.6 Å². The molecule has 0 N–H and O–H groups in total. The van der Waals surface area contributed by atoms with Gasteiger partial charge in [-0.2, -0.15) is 13.2 Å². The quantitative estimate of drug-likeness (QED) is 0.734. The van der Waals surface area contributed by atoms with Gasteiger partial charge in [0, 0.05) is 12.4 Å². The number of pyridine rings is 1. The molecule has 0 aliphatic rings. The van der Waals surface area contributed by atoms with Crippen LogP contribution in [0, 0.1) is 0 Å². The van der Waals surface area contributed by atoms with E-state index in [9.17, 15) is 13.2 Å². The fourth-order valence-electron chi connectivity index (χ4n) is 1.17. The second-order valence-corrected chi connectivity index (χ2v) is 4.20. The molecule has 1 nitrogen and oxygen atoms in total. The molecule has 0 aromatic carbocycles. The normalized spacial score (nSPS) is 12.9. The summed E-state index contributed by atoms with van der Waals surface area (Å²) in [5.41, 5.74) is -0.324. The van der Waals surface area contributed by atoms with Crippen LogP contribution in [-0.4, -0.2) is 4.98 Å². The molecule has 0 bridgehead atoms. The van der Waals surface area contributed by atoms with Crippen molar-refractivity contribution in [3.63, 3.8) is 0 Å². The summed E-state index contributed by atoms with van der Waals surface area (Å²) < 4.78 is 37.3. The van der Waals surface area contributed by atoms with E-state index in [1.807, 2.05) is 20.8 Å². The first-order valence-electron chi connectivity index (χ1n) is 4.80. The van der Waals surface area contributed by atoms with Crippen LogP contribution in [0.4, 0.5) is 13.2 Å². The SMILES string of the molecule is CCC(C)(C)c1cncc(C(F)(F)F)c1. The molecule has 15 heavy (non-hydrogen) atoms. The first-order valence-corrected chi connectivity index (χ1v) is 4.80. The van der Waals surface area contributed by atoms with Crippen LogP contribution in [0.2, 0.25) is 0 Å². The van der Waals surface area contributed by atoms with Gasteiger partial charge in [-0.3, -0.25) is 4.98 Å². The number of aromatic nitrogens is 1. The number of hydrogen-bond donors (Lipinski definition) is 0. The smallest absolute Gasteiger partial charge is 0.264 e. The van der Waals surface area contributed by atoms with Crippen molar-refractivity contribution >= 4 is 0 Å². The number of alkyl halides is 3. The zero-order valence-corrected chi connectivity index (χ0v) is 9.02. The Kier molecular flexibility index (Phi) is 3.07. The van der Waals surface area contributed by atoms with Gasteiger partial charge in [-0.25, -0.2) is 0 Å². The molecule has 0 radical (unpaired) electrons. The van der Waals surface area contributed by atoms with Crippen molar-refractivity contribution in [2.45, 2.75) is 38.8 Å². The summed E-state index contributed by atoms with van der Waals surface area (Å²) in [4.78, 5) is 3.65. The van der Waals surface area contributed by atoms with Crippen LogP contribution in [0.1, 0.15) is 38.3 Å². The van der Waals surface area contributed by atoms with Crippen molar-refractivity contribution in [2.24, 2.45) is 0 Å². The number of rotatable bonds is 2. The Bertz CT molecular complexity index is 342. The Hall–Kier alpha value is -1.06. The Morgan fingerprint density at radius 2 is 1.67 bits per heavy atom. The molecule has 84 valence electrons. The molecule has 0 saturated heterocycles. The highest BCUT2D eigenvalue weighted by molar-refractivity contribution is 5.26.